The lowest BCUT2D eigenvalue weighted by atomic mass is 9.89. The second kappa shape index (κ2) is 5.94. The summed E-state index contributed by atoms with van der Waals surface area (Å²) in [5.41, 5.74) is 12.2. The highest BCUT2D eigenvalue weighted by Crippen LogP contribution is 2.43. The summed E-state index contributed by atoms with van der Waals surface area (Å²) in [4.78, 5) is 26.2. The number of nitrogens with zero attached hydrogens (tertiary/aromatic N) is 2. The third-order valence-corrected chi connectivity index (χ3v) is 6.17. The molecule has 1 aromatic heterocycles. The first-order chi connectivity index (χ1) is 13.0. The molecule has 1 atom stereocenters. The van der Waals surface area contributed by atoms with Gasteiger partial charge in [0.1, 0.15) is 5.56 Å². The van der Waals surface area contributed by atoms with Crippen molar-refractivity contribution in [2.24, 2.45) is 11.1 Å². The molecule has 1 saturated carbocycles. The van der Waals surface area contributed by atoms with Crippen LogP contribution < -0.4 is 21.8 Å². The predicted octanol–water partition coefficient (Wildman–Crippen LogP) is 2.24. The van der Waals surface area contributed by atoms with Crippen LogP contribution in [0.25, 0.3) is 10.9 Å². The minimum atomic E-state index is -1.34. The number of rotatable bonds is 3. The van der Waals surface area contributed by atoms with Gasteiger partial charge in [-0.25, -0.2) is 9.18 Å². The fourth-order valence-corrected chi connectivity index (χ4v) is 4.28. The highest BCUT2D eigenvalue weighted by molar-refractivity contribution is 6.01. The average molecular weight is 388 g/mol. The third kappa shape index (κ3) is 2.58. The minimum Gasteiger partial charge on any atom is -0.477 e. The number of carbonyl (C=O) groups is 1. The predicted molar refractivity (Wildman–Crippen MR) is 107 cm³/mol. The van der Waals surface area contributed by atoms with Crippen LogP contribution >= 0.6 is 0 Å². The van der Waals surface area contributed by atoms with Crippen LogP contribution in [0, 0.1) is 18.2 Å². The van der Waals surface area contributed by atoms with E-state index in [0.29, 0.717) is 29.9 Å². The molecule has 2 aliphatic rings. The van der Waals surface area contributed by atoms with Crippen LogP contribution in [0.2, 0.25) is 0 Å². The number of benzene rings is 1. The summed E-state index contributed by atoms with van der Waals surface area (Å²) in [5, 5.41) is 9.38. The Morgan fingerprint density at radius 3 is 2.50 bits per heavy atom. The molecule has 1 unspecified atom stereocenters. The van der Waals surface area contributed by atoms with E-state index in [0.717, 1.165) is 12.8 Å². The van der Waals surface area contributed by atoms with Gasteiger partial charge in [-0.2, -0.15) is 0 Å². The van der Waals surface area contributed by atoms with E-state index in [4.69, 9.17) is 11.5 Å². The summed E-state index contributed by atoms with van der Waals surface area (Å²) in [6.45, 7) is 6.88. The van der Waals surface area contributed by atoms with Crippen molar-refractivity contribution in [2.45, 2.75) is 45.7 Å². The minimum absolute atomic E-state index is 0.0479. The Bertz CT molecular complexity index is 1070. The van der Waals surface area contributed by atoms with Crippen molar-refractivity contribution in [1.29, 1.82) is 0 Å². The summed E-state index contributed by atoms with van der Waals surface area (Å²) in [5.74, 6) is -2.02. The van der Waals surface area contributed by atoms with E-state index in [1.54, 1.807) is 11.5 Å². The monoisotopic (exact) mass is 388 g/mol. The highest BCUT2D eigenvalue weighted by Gasteiger charge is 2.39. The SMILES string of the molecule is Cc1c(N2CC(N)C(C)(C)C2)c(F)c(N)c2c(=O)c(C(=O)O)cn(C3CC3)c12. The first-order valence-corrected chi connectivity index (χ1v) is 9.44. The van der Waals surface area contributed by atoms with E-state index in [9.17, 15) is 14.7 Å². The molecular weight excluding hydrogens is 363 g/mol. The number of nitrogens with two attached hydrogens (primary N) is 2. The van der Waals surface area contributed by atoms with Gasteiger partial charge in [0, 0.05) is 31.4 Å². The van der Waals surface area contributed by atoms with Gasteiger partial charge in [0.25, 0.3) is 0 Å². The van der Waals surface area contributed by atoms with E-state index >= 15 is 4.39 Å². The number of carboxylic acid groups (broad SMARTS) is 1. The summed E-state index contributed by atoms with van der Waals surface area (Å²) in [6, 6.07) is -0.0295. The lowest BCUT2D eigenvalue weighted by Crippen LogP contribution is -2.35. The largest absolute Gasteiger partial charge is 0.477 e. The van der Waals surface area contributed by atoms with Crippen LogP contribution in [-0.2, 0) is 0 Å². The van der Waals surface area contributed by atoms with Crippen LogP contribution in [0.1, 0.15) is 48.7 Å². The number of halogens is 1. The number of aromatic carboxylic acids is 1. The van der Waals surface area contributed by atoms with Crippen molar-refractivity contribution in [1.82, 2.24) is 4.57 Å². The van der Waals surface area contributed by atoms with Crippen molar-refractivity contribution in [2.75, 3.05) is 23.7 Å². The molecule has 8 heteroatoms. The fourth-order valence-electron chi connectivity index (χ4n) is 4.28. The van der Waals surface area contributed by atoms with Gasteiger partial charge < -0.3 is 26.0 Å². The standard InChI is InChI=1S/C20H25FN4O3/c1-9-16-13(18(26)11(19(27)28)6-25(16)10-4-5-10)15(23)14(21)17(9)24-7-12(22)20(2,3)8-24/h6,10,12H,4-5,7-8,22-23H2,1-3H3,(H,27,28). The maximum absolute atomic E-state index is 15.4. The topological polar surface area (TPSA) is 115 Å². The number of aromatic nitrogens is 1. The highest BCUT2D eigenvalue weighted by atomic mass is 19.1. The second-order valence-electron chi connectivity index (χ2n) is 8.72. The Morgan fingerprint density at radius 1 is 1.36 bits per heavy atom. The van der Waals surface area contributed by atoms with Crippen molar-refractivity contribution in [3.05, 3.63) is 33.4 Å². The van der Waals surface area contributed by atoms with Gasteiger partial charge >= 0.3 is 5.97 Å². The molecule has 4 rings (SSSR count). The molecule has 28 heavy (non-hydrogen) atoms. The number of hydrogen-bond acceptors (Lipinski definition) is 5. The van der Waals surface area contributed by atoms with Crippen LogP contribution in [0.3, 0.4) is 0 Å². The molecular formula is C20H25FN4O3. The molecule has 1 aromatic carbocycles. The van der Waals surface area contributed by atoms with Crippen LogP contribution in [0.5, 0.6) is 0 Å². The van der Waals surface area contributed by atoms with Crippen LogP contribution in [-0.4, -0.2) is 34.8 Å². The van der Waals surface area contributed by atoms with Crippen molar-refractivity contribution in [3.63, 3.8) is 0 Å². The summed E-state index contributed by atoms with van der Waals surface area (Å²) in [7, 11) is 0. The summed E-state index contributed by atoms with van der Waals surface area (Å²) in [6.07, 6.45) is 3.13. The Balaban J connectivity index is 2.06. The van der Waals surface area contributed by atoms with E-state index in [2.05, 4.69) is 0 Å². The number of fused-ring (bicyclic) bond motifs is 1. The van der Waals surface area contributed by atoms with Crippen LogP contribution in [0.4, 0.5) is 15.8 Å². The molecule has 2 aromatic rings. The lowest BCUT2D eigenvalue weighted by molar-refractivity contribution is 0.0695. The first kappa shape index (κ1) is 18.7. The molecule has 0 spiro atoms. The molecule has 0 amide bonds. The van der Waals surface area contributed by atoms with Gasteiger partial charge in [-0.3, -0.25) is 4.79 Å². The number of nitrogen functional groups attached to an aromatic ring is 1. The number of aryl methyl sites for hydroxylation is 1. The van der Waals surface area contributed by atoms with E-state index in [-0.39, 0.29) is 34.1 Å². The Hall–Kier alpha value is -2.61. The van der Waals surface area contributed by atoms with Gasteiger partial charge in [-0.05, 0) is 30.7 Å². The smallest absolute Gasteiger partial charge is 0.341 e. The maximum Gasteiger partial charge on any atom is 0.341 e. The molecule has 1 saturated heterocycles. The Kier molecular flexibility index (Phi) is 3.98. The van der Waals surface area contributed by atoms with Gasteiger partial charge in [-0.15, -0.1) is 0 Å². The fraction of sp³-hybridized carbons (Fsp3) is 0.500. The van der Waals surface area contributed by atoms with Gasteiger partial charge in [0.2, 0.25) is 5.43 Å². The molecule has 7 nitrogen and oxygen atoms in total. The molecule has 1 aliphatic carbocycles. The van der Waals surface area contributed by atoms with Crippen LogP contribution in [0.15, 0.2) is 11.0 Å². The quantitative estimate of drug-likeness (QED) is 0.695. The molecule has 2 heterocycles. The Labute approximate surface area is 161 Å². The Morgan fingerprint density at radius 2 is 2.00 bits per heavy atom. The van der Waals surface area contributed by atoms with Gasteiger partial charge in [0.15, 0.2) is 5.82 Å². The first-order valence-electron chi connectivity index (χ1n) is 9.44. The number of anilines is 2. The zero-order chi connectivity index (χ0) is 20.5. The second-order valence-corrected chi connectivity index (χ2v) is 8.72. The van der Waals surface area contributed by atoms with E-state index in [1.165, 1.54) is 6.20 Å². The van der Waals surface area contributed by atoms with E-state index < -0.39 is 17.2 Å². The lowest BCUT2D eigenvalue weighted by Gasteiger charge is -2.26. The third-order valence-electron chi connectivity index (χ3n) is 6.17. The molecule has 0 radical (unpaired) electrons. The van der Waals surface area contributed by atoms with Crippen molar-refractivity contribution in [3.8, 4) is 0 Å². The molecule has 0 bridgehead atoms. The normalized spacial score (nSPS) is 21.5. The zero-order valence-electron chi connectivity index (χ0n) is 16.3. The summed E-state index contributed by atoms with van der Waals surface area (Å²) >= 11 is 0. The molecule has 1 aliphatic heterocycles. The van der Waals surface area contributed by atoms with E-state index in [1.807, 2.05) is 18.7 Å². The molecule has 5 N–H and O–H groups in total. The van der Waals surface area contributed by atoms with Gasteiger partial charge in [-0.1, -0.05) is 13.8 Å². The zero-order valence-corrected chi connectivity index (χ0v) is 16.3. The molecule has 150 valence electrons. The van der Waals surface area contributed by atoms with Crippen molar-refractivity contribution < 1.29 is 14.3 Å². The average Bonchev–Trinajstić information content (AvgIpc) is 3.39. The summed E-state index contributed by atoms with van der Waals surface area (Å²) < 4.78 is 17.2. The number of hydrogen-bond donors (Lipinski definition) is 3. The number of carboxylic acids is 1. The number of pyridine rings is 1. The van der Waals surface area contributed by atoms with Crippen molar-refractivity contribution >= 4 is 28.2 Å². The van der Waals surface area contributed by atoms with Gasteiger partial charge in [0.05, 0.1) is 22.3 Å². The molecule has 2 fully saturated rings. The maximum atomic E-state index is 15.4.